The lowest BCUT2D eigenvalue weighted by molar-refractivity contribution is -0.485. The smallest absolute Gasteiger partial charge is 0.350 e. The van der Waals surface area contributed by atoms with E-state index >= 15 is 0 Å². The lowest BCUT2D eigenvalue weighted by atomic mass is 10.2. The number of pyridine rings is 1. The van der Waals surface area contributed by atoms with Crippen molar-refractivity contribution in [2.75, 3.05) is 0 Å². The quantitative estimate of drug-likeness (QED) is 0.604. The number of aliphatic hydroxyl groups is 2. The van der Waals surface area contributed by atoms with Crippen molar-refractivity contribution in [1.82, 2.24) is 0 Å². The topological polar surface area (TPSA) is 46.4 Å². The third kappa shape index (κ3) is 1.19. The second-order valence-electron chi connectivity index (χ2n) is 3.03. The second kappa shape index (κ2) is 3.03. The Balaban J connectivity index is 3.05. The third-order valence-corrected chi connectivity index (χ3v) is 2.17. The van der Waals surface area contributed by atoms with Crippen molar-refractivity contribution in [3.05, 3.63) is 48.5 Å². The molecule has 0 aliphatic heterocycles. The number of aliphatic hydroxyl groups excluding tert-OH is 1. The maximum atomic E-state index is 8.98. The van der Waals surface area contributed by atoms with E-state index in [1.807, 2.05) is 30.3 Å². The lowest BCUT2D eigenvalue weighted by Crippen LogP contribution is -2.37. The fourth-order valence-electron chi connectivity index (χ4n) is 1.46. The number of para-hydroxylation sites is 1. The predicted octanol–water partition coefficient (Wildman–Crippen LogP) is 0.949. The molecule has 0 saturated carbocycles. The first-order valence-corrected chi connectivity index (χ1v) is 4.20. The van der Waals surface area contributed by atoms with Crippen LogP contribution in [0.2, 0.25) is 0 Å². The van der Waals surface area contributed by atoms with Gasteiger partial charge in [-0.3, -0.25) is 0 Å². The SMILES string of the molecule is C=[n+]1c(=C(O)O)ccc2ccccc21. The van der Waals surface area contributed by atoms with Gasteiger partial charge in [0, 0.05) is 17.5 Å². The van der Waals surface area contributed by atoms with Crippen LogP contribution in [-0.4, -0.2) is 10.2 Å². The van der Waals surface area contributed by atoms with Crippen molar-refractivity contribution in [2.24, 2.45) is 0 Å². The Morgan fingerprint density at radius 3 is 2.50 bits per heavy atom. The van der Waals surface area contributed by atoms with Crippen molar-refractivity contribution >= 4 is 16.8 Å². The standard InChI is InChI=1S/C11H9NO2/c1-12-9-5-3-2-4-8(9)6-7-10(12)11(13)14/h2-7H,1H2,(H-,13,14)/p+1. The van der Waals surface area contributed by atoms with Crippen LogP contribution in [0.15, 0.2) is 36.4 Å². The van der Waals surface area contributed by atoms with Crippen LogP contribution in [0.25, 0.3) is 16.8 Å². The Hall–Kier alpha value is -2.03. The maximum Gasteiger partial charge on any atom is 0.350 e. The number of benzene rings is 1. The van der Waals surface area contributed by atoms with E-state index < -0.39 is 5.95 Å². The summed E-state index contributed by atoms with van der Waals surface area (Å²) < 4.78 is 1.49. The van der Waals surface area contributed by atoms with Crippen molar-refractivity contribution < 1.29 is 14.5 Å². The lowest BCUT2D eigenvalue weighted by Gasteiger charge is -1.91. The summed E-state index contributed by atoms with van der Waals surface area (Å²) >= 11 is 0. The van der Waals surface area contributed by atoms with Crippen LogP contribution >= 0.6 is 0 Å². The van der Waals surface area contributed by atoms with Gasteiger partial charge in [0.1, 0.15) is 6.72 Å². The van der Waals surface area contributed by atoms with Gasteiger partial charge in [0.15, 0.2) is 0 Å². The summed E-state index contributed by atoms with van der Waals surface area (Å²) in [5.74, 6) is -0.717. The molecule has 0 saturated heterocycles. The van der Waals surface area contributed by atoms with Crippen LogP contribution in [0.5, 0.6) is 0 Å². The van der Waals surface area contributed by atoms with Gasteiger partial charge in [-0.1, -0.05) is 12.1 Å². The molecule has 1 heterocycles. The van der Waals surface area contributed by atoms with Crippen molar-refractivity contribution in [2.45, 2.75) is 0 Å². The minimum absolute atomic E-state index is 0.295. The Bertz CT molecular complexity index is 586. The Kier molecular flexibility index (Phi) is 1.85. The maximum absolute atomic E-state index is 8.98. The van der Waals surface area contributed by atoms with Gasteiger partial charge in [-0.15, -0.1) is 0 Å². The number of rotatable bonds is 0. The molecule has 3 nitrogen and oxygen atoms in total. The molecule has 0 fully saturated rings. The Morgan fingerprint density at radius 2 is 1.79 bits per heavy atom. The molecule has 0 aliphatic carbocycles. The van der Waals surface area contributed by atoms with Crippen LogP contribution in [0.3, 0.4) is 0 Å². The second-order valence-corrected chi connectivity index (χ2v) is 3.03. The highest BCUT2D eigenvalue weighted by Gasteiger charge is 2.05. The molecule has 0 amide bonds. The van der Waals surface area contributed by atoms with Crippen molar-refractivity contribution in [3.8, 4) is 0 Å². The van der Waals surface area contributed by atoms with E-state index in [9.17, 15) is 0 Å². The normalized spacial score (nSPS) is 10.3. The monoisotopic (exact) mass is 188 g/mol. The number of hydrogen-bond acceptors (Lipinski definition) is 2. The molecule has 0 atom stereocenters. The zero-order valence-corrected chi connectivity index (χ0v) is 7.51. The molecule has 0 radical (unpaired) electrons. The molecule has 70 valence electrons. The highest BCUT2D eigenvalue weighted by Crippen LogP contribution is 2.04. The van der Waals surface area contributed by atoms with Crippen LogP contribution in [0, 0.1) is 6.72 Å². The molecular weight excluding hydrogens is 178 g/mol. The molecule has 1 aromatic heterocycles. The zero-order chi connectivity index (χ0) is 10.1. The molecule has 2 aromatic rings. The van der Waals surface area contributed by atoms with E-state index in [-0.39, 0.29) is 0 Å². The Labute approximate surface area is 80.5 Å². The molecule has 0 bridgehead atoms. The van der Waals surface area contributed by atoms with Gasteiger partial charge in [0.05, 0.1) is 0 Å². The molecule has 0 spiro atoms. The van der Waals surface area contributed by atoms with Crippen molar-refractivity contribution in [3.63, 3.8) is 0 Å². The van der Waals surface area contributed by atoms with Crippen LogP contribution in [-0.2, 0) is 0 Å². The fraction of sp³-hybridized carbons (Fsp3) is 0. The minimum Gasteiger partial charge on any atom is -0.476 e. The van der Waals surface area contributed by atoms with E-state index in [2.05, 4.69) is 6.72 Å². The summed E-state index contributed by atoms with van der Waals surface area (Å²) in [5, 5.41) is 19.3. The fourth-order valence-corrected chi connectivity index (χ4v) is 1.46. The number of hydrogen-bond donors (Lipinski definition) is 2. The number of fused-ring (bicyclic) bond motifs is 1. The summed E-state index contributed by atoms with van der Waals surface area (Å²) in [6, 6.07) is 11.0. The van der Waals surface area contributed by atoms with Gasteiger partial charge in [-0.05, 0) is 12.1 Å². The average Bonchev–Trinajstić information content (AvgIpc) is 2.18. The average molecular weight is 188 g/mol. The first-order valence-electron chi connectivity index (χ1n) is 4.20. The first-order chi connectivity index (χ1) is 6.70. The third-order valence-electron chi connectivity index (χ3n) is 2.17. The van der Waals surface area contributed by atoms with Crippen LogP contribution in [0.1, 0.15) is 0 Å². The van der Waals surface area contributed by atoms with E-state index in [4.69, 9.17) is 10.2 Å². The number of aromatic nitrogens is 1. The van der Waals surface area contributed by atoms with Crippen LogP contribution in [0.4, 0.5) is 0 Å². The summed E-state index contributed by atoms with van der Waals surface area (Å²) in [7, 11) is 0. The molecule has 0 unspecified atom stereocenters. The van der Waals surface area contributed by atoms with E-state index in [0.717, 1.165) is 10.9 Å². The van der Waals surface area contributed by atoms with Crippen LogP contribution < -0.4 is 9.59 Å². The van der Waals surface area contributed by atoms with E-state index in [1.54, 1.807) is 6.07 Å². The molecular formula is C11H10NO2+. The highest BCUT2D eigenvalue weighted by molar-refractivity contribution is 5.74. The first kappa shape index (κ1) is 8.56. The minimum atomic E-state index is -0.717. The van der Waals surface area contributed by atoms with Gasteiger partial charge in [0.2, 0.25) is 5.52 Å². The Morgan fingerprint density at radius 1 is 1.07 bits per heavy atom. The highest BCUT2D eigenvalue weighted by atomic mass is 16.5. The molecule has 1 aromatic carbocycles. The molecule has 14 heavy (non-hydrogen) atoms. The summed E-state index contributed by atoms with van der Waals surface area (Å²) in [5.41, 5.74) is 0.852. The molecule has 2 N–H and O–H groups in total. The summed E-state index contributed by atoms with van der Waals surface area (Å²) in [4.78, 5) is 0. The number of nitrogens with zero attached hydrogens (tertiary/aromatic N) is 1. The van der Waals surface area contributed by atoms with Gasteiger partial charge in [-0.25, -0.2) is 0 Å². The van der Waals surface area contributed by atoms with Crippen molar-refractivity contribution in [1.29, 1.82) is 0 Å². The zero-order valence-electron chi connectivity index (χ0n) is 7.51. The largest absolute Gasteiger partial charge is 0.476 e. The van der Waals surface area contributed by atoms with Gasteiger partial charge < -0.3 is 10.2 Å². The van der Waals surface area contributed by atoms with E-state index in [1.165, 1.54) is 4.24 Å². The molecule has 0 aliphatic rings. The van der Waals surface area contributed by atoms with E-state index in [0.29, 0.717) is 5.35 Å². The van der Waals surface area contributed by atoms with Gasteiger partial charge in [0.25, 0.3) is 5.35 Å². The van der Waals surface area contributed by atoms with Gasteiger partial charge >= 0.3 is 5.95 Å². The molecule has 3 heteroatoms. The summed E-state index contributed by atoms with van der Waals surface area (Å²) in [6.45, 7) is 3.75. The molecule has 2 rings (SSSR count). The summed E-state index contributed by atoms with van der Waals surface area (Å²) in [6.07, 6.45) is 0. The van der Waals surface area contributed by atoms with Gasteiger partial charge in [-0.2, -0.15) is 4.24 Å². The predicted molar refractivity (Wildman–Crippen MR) is 53.2 cm³/mol.